The number of hydrogen-bond acceptors (Lipinski definition) is 1. The molecule has 1 N–H and O–H groups in total. The first kappa shape index (κ1) is 12.8. The minimum absolute atomic E-state index is 0.102. The second-order valence-corrected chi connectivity index (χ2v) is 4.13. The molecule has 0 aliphatic heterocycles. The van der Waals surface area contributed by atoms with Gasteiger partial charge in [0.15, 0.2) is 0 Å². The first-order valence-corrected chi connectivity index (χ1v) is 6.05. The molecule has 0 saturated heterocycles. The van der Waals surface area contributed by atoms with E-state index >= 15 is 0 Å². The Labute approximate surface area is 98.1 Å². The number of rotatable bonds is 5. The molecule has 0 aliphatic carbocycles. The zero-order valence-corrected chi connectivity index (χ0v) is 10.4. The van der Waals surface area contributed by atoms with Crippen molar-refractivity contribution in [3.05, 3.63) is 35.4 Å². The molecule has 0 heterocycles. The molecule has 1 aromatic rings. The lowest BCUT2D eigenvalue weighted by atomic mass is 10.0. The van der Waals surface area contributed by atoms with E-state index in [4.69, 9.17) is 0 Å². The first-order valence-electron chi connectivity index (χ1n) is 6.05. The molecule has 1 rings (SSSR count). The summed E-state index contributed by atoms with van der Waals surface area (Å²) in [5, 5.41) is 3.00. The fraction of sp³-hybridized carbons (Fsp3) is 0.500. The maximum absolute atomic E-state index is 11.4. The highest BCUT2D eigenvalue weighted by Crippen LogP contribution is 2.13. The fourth-order valence-corrected chi connectivity index (χ4v) is 1.67. The molecule has 0 bridgehead atoms. The van der Waals surface area contributed by atoms with Crippen LogP contribution >= 0.6 is 0 Å². The van der Waals surface area contributed by atoms with Gasteiger partial charge in [0.1, 0.15) is 0 Å². The van der Waals surface area contributed by atoms with Gasteiger partial charge in [-0.15, -0.1) is 0 Å². The van der Waals surface area contributed by atoms with Crippen molar-refractivity contribution in [3.8, 4) is 0 Å². The zero-order valence-electron chi connectivity index (χ0n) is 10.4. The molecule has 0 fully saturated rings. The molecule has 0 spiro atoms. The Morgan fingerprint density at radius 1 is 1.25 bits per heavy atom. The molecule has 16 heavy (non-hydrogen) atoms. The maximum atomic E-state index is 11.4. The molecule has 2 nitrogen and oxygen atoms in total. The second-order valence-electron chi connectivity index (χ2n) is 4.13. The van der Waals surface area contributed by atoms with E-state index in [-0.39, 0.29) is 11.9 Å². The maximum Gasteiger partial charge on any atom is 0.220 e. The Balaban J connectivity index is 2.58. The number of nitrogens with one attached hydrogen (secondary N) is 1. The number of amides is 1. The van der Waals surface area contributed by atoms with Crippen molar-refractivity contribution in [2.75, 3.05) is 0 Å². The van der Waals surface area contributed by atoms with Crippen molar-refractivity contribution < 1.29 is 4.79 Å². The van der Waals surface area contributed by atoms with Gasteiger partial charge in [-0.05, 0) is 30.9 Å². The number of benzene rings is 1. The lowest BCUT2D eigenvalue weighted by Crippen LogP contribution is -2.26. The largest absolute Gasteiger partial charge is 0.350 e. The smallest absolute Gasteiger partial charge is 0.220 e. The van der Waals surface area contributed by atoms with Crippen LogP contribution in [0.5, 0.6) is 0 Å². The number of carbonyl (C=O) groups is 1. The Kier molecular flexibility index (Phi) is 5.03. The van der Waals surface area contributed by atoms with Gasteiger partial charge in [0.2, 0.25) is 5.91 Å². The SMILES string of the molecule is CCCC(=O)N[C@H](C)c1ccc(CC)cc1. The summed E-state index contributed by atoms with van der Waals surface area (Å²) in [5.41, 5.74) is 2.50. The van der Waals surface area contributed by atoms with E-state index in [2.05, 4.69) is 36.5 Å². The van der Waals surface area contributed by atoms with Gasteiger partial charge in [-0.25, -0.2) is 0 Å². The molecule has 0 unspecified atom stereocenters. The van der Waals surface area contributed by atoms with Crippen molar-refractivity contribution in [1.82, 2.24) is 5.32 Å². The third-order valence-corrected chi connectivity index (χ3v) is 2.74. The van der Waals surface area contributed by atoms with Gasteiger partial charge >= 0.3 is 0 Å². The summed E-state index contributed by atoms with van der Waals surface area (Å²) in [6.45, 7) is 6.18. The summed E-state index contributed by atoms with van der Waals surface area (Å²) in [7, 11) is 0. The highest BCUT2D eigenvalue weighted by molar-refractivity contribution is 5.76. The molecule has 2 heteroatoms. The molecule has 0 aromatic heterocycles. The van der Waals surface area contributed by atoms with Crippen LogP contribution in [-0.4, -0.2) is 5.91 Å². The van der Waals surface area contributed by atoms with Crippen LogP contribution in [0, 0.1) is 0 Å². The Hall–Kier alpha value is -1.31. The van der Waals surface area contributed by atoms with Gasteiger partial charge < -0.3 is 5.32 Å². The van der Waals surface area contributed by atoms with E-state index in [0.29, 0.717) is 6.42 Å². The monoisotopic (exact) mass is 219 g/mol. The predicted molar refractivity (Wildman–Crippen MR) is 67.3 cm³/mol. The third kappa shape index (κ3) is 3.69. The molecule has 1 aromatic carbocycles. The zero-order chi connectivity index (χ0) is 12.0. The van der Waals surface area contributed by atoms with E-state index in [1.54, 1.807) is 0 Å². The van der Waals surface area contributed by atoms with Gasteiger partial charge in [0, 0.05) is 6.42 Å². The van der Waals surface area contributed by atoms with Gasteiger partial charge in [0.05, 0.1) is 6.04 Å². The Morgan fingerprint density at radius 3 is 2.38 bits per heavy atom. The highest BCUT2D eigenvalue weighted by Gasteiger charge is 2.08. The van der Waals surface area contributed by atoms with Crippen molar-refractivity contribution in [3.63, 3.8) is 0 Å². The van der Waals surface area contributed by atoms with Crippen LogP contribution < -0.4 is 5.32 Å². The Morgan fingerprint density at radius 2 is 1.88 bits per heavy atom. The molecule has 1 amide bonds. The first-order chi connectivity index (χ1) is 7.67. The molecule has 0 radical (unpaired) electrons. The molecular formula is C14H21NO. The van der Waals surface area contributed by atoms with Crippen molar-refractivity contribution in [2.45, 2.75) is 46.1 Å². The summed E-state index contributed by atoms with van der Waals surface area (Å²) in [5.74, 6) is 0.134. The van der Waals surface area contributed by atoms with Crippen LogP contribution in [0.1, 0.15) is 50.8 Å². The fourth-order valence-electron chi connectivity index (χ4n) is 1.67. The van der Waals surface area contributed by atoms with E-state index < -0.39 is 0 Å². The summed E-state index contributed by atoms with van der Waals surface area (Å²) in [4.78, 5) is 11.4. The molecular weight excluding hydrogens is 198 g/mol. The van der Waals surface area contributed by atoms with Gasteiger partial charge in [-0.3, -0.25) is 4.79 Å². The molecule has 88 valence electrons. The molecule has 0 aliphatic rings. The average Bonchev–Trinajstić information content (AvgIpc) is 2.29. The van der Waals surface area contributed by atoms with Gasteiger partial charge in [0.25, 0.3) is 0 Å². The van der Waals surface area contributed by atoms with E-state index in [1.807, 2.05) is 13.8 Å². The molecule has 0 saturated carbocycles. The summed E-state index contributed by atoms with van der Waals surface area (Å²) in [6, 6.07) is 8.53. The quantitative estimate of drug-likeness (QED) is 0.809. The van der Waals surface area contributed by atoms with Crippen molar-refractivity contribution >= 4 is 5.91 Å². The van der Waals surface area contributed by atoms with Gasteiger partial charge in [-0.2, -0.15) is 0 Å². The van der Waals surface area contributed by atoms with E-state index in [0.717, 1.165) is 12.8 Å². The van der Waals surface area contributed by atoms with E-state index in [9.17, 15) is 4.79 Å². The Bertz CT molecular complexity index is 329. The lowest BCUT2D eigenvalue weighted by molar-refractivity contribution is -0.121. The standard InChI is InChI=1S/C14H21NO/c1-4-6-14(16)15-11(3)13-9-7-12(5-2)8-10-13/h7-11H,4-6H2,1-3H3,(H,15,16)/t11-/m1/s1. The second kappa shape index (κ2) is 6.31. The van der Waals surface area contributed by atoms with Crippen molar-refractivity contribution in [2.24, 2.45) is 0 Å². The van der Waals surface area contributed by atoms with Gasteiger partial charge in [-0.1, -0.05) is 38.1 Å². The number of carbonyl (C=O) groups excluding carboxylic acids is 1. The minimum Gasteiger partial charge on any atom is -0.350 e. The summed E-state index contributed by atoms with van der Waals surface area (Å²) in [6.07, 6.45) is 2.56. The minimum atomic E-state index is 0.102. The molecule has 1 atom stereocenters. The summed E-state index contributed by atoms with van der Waals surface area (Å²) >= 11 is 0. The highest BCUT2D eigenvalue weighted by atomic mass is 16.1. The van der Waals surface area contributed by atoms with Crippen molar-refractivity contribution in [1.29, 1.82) is 0 Å². The summed E-state index contributed by atoms with van der Waals surface area (Å²) < 4.78 is 0. The van der Waals surface area contributed by atoms with Crippen LogP contribution in [0.3, 0.4) is 0 Å². The van der Waals surface area contributed by atoms with Crippen LogP contribution in [-0.2, 0) is 11.2 Å². The lowest BCUT2D eigenvalue weighted by Gasteiger charge is -2.14. The third-order valence-electron chi connectivity index (χ3n) is 2.74. The average molecular weight is 219 g/mol. The van der Waals surface area contributed by atoms with Crippen LogP contribution in [0.2, 0.25) is 0 Å². The van der Waals surface area contributed by atoms with Crippen LogP contribution in [0.4, 0.5) is 0 Å². The topological polar surface area (TPSA) is 29.1 Å². The van der Waals surface area contributed by atoms with Crippen LogP contribution in [0.25, 0.3) is 0 Å². The van der Waals surface area contributed by atoms with Crippen LogP contribution in [0.15, 0.2) is 24.3 Å². The van der Waals surface area contributed by atoms with E-state index in [1.165, 1.54) is 11.1 Å². The normalized spacial score (nSPS) is 12.2. The number of aryl methyl sites for hydroxylation is 1. The predicted octanol–water partition coefficient (Wildman–Crippen LogP) is 3.23. The number of hydrogen-bond donors (Lipinski definition) is 1.